The molecule has 128 valence electrons. The minimum absolute atomic E-state index is 0.0272. The third-order valence-electron chi connectivity index (χ3n) is 3.73. The highest BCUT2D eigenvalue weighted by Crippen LogP contribution is 2.22. The first-order valence-electron chi connectivity index (χ1n) is 7.76. The van der Waals surface area contributed by atoms with Crippen LogP contribution in [-0.4, -0.2) is 44.0 Å². The van der Waals surface area contributed by atoms with E-state index in [2.05, 4.69) is 4.72 Å². The van der Waals surface area contributed by atoms with Gasteiger partial charge in [-0.3, -0.25) is 14.5 Å². The van der Waals surface area contributed by atoms with Crippen molar-refractivity contribution >= 4 is 21.8 Å². The van der Waals surface area contributed by atoms with Gasteiger partial charge in [-0.2, -0.15) is 5.26 Å². The zero-order valence-corrected chi connectivity index (χ0v) is 14.0. The molecule has 0 saturated heterocycles. The number of nitrogens with one attached hydrogen (secondary N) is 1. The average molecular weight is 349 g/mol. The molecule has 7 nitrogen and oxygen atoms in total. The van der Waals surface area contributed by atoms with Gasteiger partial charge in [-0.1, -0.05) is 18.6 Å². The van der Waals surface area contributed by atoms with Crippen molar-refractivity contribution in [3.63, 3.8) is 0 Å². The summed E-state index contributed by atoms with van der Waals surface area (Å²) < 4.78 is 25.6. The lowest BCUT2D eigenvalue weighted by Gasteiger charge is -2.13. The van der Waals surface area contributed by atoms with Gasteiger partial charge in [0.05, 0.1) is 22.9 Å². The predicted octanol–water partition coefficient (Wildman–Crippen LogP) is 1.29. The second-order valence-electron chi connectivity index (χ2n) is 5.49. The van der Waals surface area contributed by atoms with E-state index in [1.807, 2.05) is 6.07 Å². The number of carbonyl (C=O) groups is 2. The number of amides is 2. The van der Waals surface area contributed by atoms with Crippen molar-refractivity contribution in [2.75, 3.05) is 18.8 Å². The molecule has 1 heterocycles. The number of carbonyl (C=O) groups excluding carboxylic acids is 2. The van der Waals surface area contributed by atoms with Crippen LogP contribution in [-0.2, 0) is 10.0 Å². The van der Waals surface area contributed by atoms with E-state index in [0.29, 0.717) is 30.4 Å². The van der Waals surface area contributed by atoms with E-state index in [1.54, 1.807) is 24.3 Å². The number of fused-ring (bicyclic) bond motifs is 1. The fraction of sp³-hybridized carbons (Fsp3) is 0.438. The summed E-state index contributed by atoms with van der Waals surface area (Å²) in [5.74, 6) is -0.608. The SMILES string of the molecule is N#CCCNS(=O)(=O)CCCCCN1C(=O)c2ccccc2C1=O. The molecule has 0 radical (unpaired) electrons. The van der Waals surface area contributed by atoms with Gasteiger partial charge in [0.15, 0.2) is 0 Å². The van der Waals surface area contributed by atoms with E-state index in [9.17, 15) is 18.0 Å². The quantitative estimate of drug-likeness (QED) is 0.534. The van der Waals surface area contributed by atoms with Gasteiger partial charge < -0.3 is 0 Å². The van der Waals surface area contributed by atoms with Crippen LogP contribution < -0.4 is 4.72 Å². The predicted molar refractivity (Wildman–Crippen MR) is 87.7 cm³/mol. The molecule has 1 aliphatic rings. The van der Waals surface area contributed by atoms with E-state index in [0.717, 1.165) is 0 Å². The Labute approximate surface area is 141 Å². The van der Waals surface area contributed by atoms with Crippen LogP contribution in [0.5, 0.6) is 0 Å². The van der Waals surface area contributed by atoms with Crippen molar-refractivity contribution in [3.8, 4) is 6.07 Å². The largest absolute Gasteiger partial charge is 0.274 e. The molecule has 0 fully saturated rings. The molecule has 0 atom stereocenters. The van der Waals surface area contributed by atoms with E-state index in [-0.39, 0.29) is 37.1 Å². The van der Waals surface area contributed by atoms with Gasteiger partial charge in [-0.15, -0.1) is 0 Å². The van der Waals surface area contributed by atoms with Crippen LogP contribution in [0.1, 0.15) is 46.4 Å². The standard InChI is InChI=1S/C16H19N3O4S/c17-9-6-10-18-24(22,23)12-5-1-4-11-19-15(20)13-7-2-3-8-14(13)16(19)21/h2-3,7-8,18H,1,4-6,10-12H2. The summed E-state index contributed by atoms with van der Waals surface area (Å²) in [4.78, 5) is 25.5. The maximum Gasteiger partial charge on any atom is 0.261 e. The molecular formula is C16H19N3O4S. The molecule has 1 aromatic rings. The molecule has 0 unspecified atom stereocenters. The lowest BCUT2D eigenvalue weighted by molar-refractivity contribution is 0.0651. The molecule has 0 spiro atoms. The number of benzene rings is 1. The van der Waals surface area contributed by atoms with E-state index in [4.69, 9.17) is 5.26 Å². The summed E-state index contributed by atoms with van der Waals surface area (Å²) in [6, 6.07) is 8.58. The summed E-state index contributed by atoms with van der Waals surface area (Å²) >= 11 is 0. The van der Waals surface area contributed by atoms with Gasteiger partial charge in [0.25, 0.3) is 11.8 Å². The van der Waals surface area contributed by atoms with Crippen molar-refractivity contribution in [1.82, 2.24) is 9.62 Å². The first-order valence-corrected chi connectivity index (χ1v) is 9.41. The van der Waals surface area contributed by atoms with E-state index in [1.165, 1.54) is 4.90 Å². The molecule has 1 aliphatic heterocycles. The highest BCUT2D eigenvalue weighted by molar-refractivity contribution is 7.89. The number of hydrogen-bond donors (Lipinski definition) is 1. The zero-order valence-electron chi connectivity index (χ0n) is 13.2. The fourth-order valence-electron chi connectivity index (χ4n) is 2.52. The molecule has 0 bridgehead atoms. The summed E-state index contributed by atoms with van der Waals surface area (Å²) in [5.41, 5.74) is 0.846. The highest BCUT2D eigenvalue weighted by Gasteiger charge is 2.34. The van der Waals surface area contributed by atoms with Gasteiger partial charge in [-0.05, 0) is 25.0 Å². The molecule has 2 amide bonds. The summed E-state index contributed by atoms with van der Waals surface area (Å²) in [6.45, 7) is 0.405. The van der Waals surface area contributed by atoms with E-state index >= 15 is 0 Å². The van der Waals surface area contributed by atoms with Gasteiger partial charge in [0.2, 0.25) is 10.0 Å². The molecule has 8 heteroatoms. The van der Waals surface area contributed by atoms with Crippen LogP contribution in [0.15, 0.2) is 24.3 Å². The molecule has 1 aromatic carbocycles. The van der Waals surface area contributed by atoms with Crippen molar-refractivity contribution in [2.45, 2.75) is 25.7 Å². The first kappa shape index (κ1) is 18.1. The summed E-state index contributed by atoms with van der Waals surface area (Å²) in [6.07, 6.45) is 1.72. The Morgan fingerprint density at radius 3 is 2.25 bits per heavy atom. The van der Waals surface area contributed by atoms with Crippen molar-refractivity contribution in [1.29, 1.82) is 5.26 Å². The fourth-order valence-corrected chi connectivity index (χ4v) is 3.66. The second kappa shape index (κ2) is 8.04. The topological polar surface area (TPSA) is 107 Å². The van der Waals surface area contributed by atoms with Crippen molar-refractivity contribution in [2.24, 2.45) is 0 Å². The van der Waals surface area contributed by atoms with E-state index < -0.39 is 10.0 Å². The Bertz CT molecular complexity index is 733. The number of imide groups is 1. The number of unbranched alkanes of at least 4 members (excludes halogenated alkanes) is 2. The van der Waals surface area contributed by atoms with Crippen LogP contribution in [0.3, 0.4) is 0 Å². The first-order chi connectivity index (χ1) is 11.5. The third-order valence-corrected chi connectivity index (χ3v) is 5.20. The molecule has 24 heavy (non-hydrogen) atoms. The lowest BCUT2D eigenvalue weighted by Crippen LogP contribution is -2.31. The zero-order chi connectivity index (χ0) is 17.6. The van der Waals surface area contributed by atoms with Crippen LogP contribution in [0.25, 0.3) is 0 Å². The van der Waals surface area contributed by atoms with Gasteiger partial charge in [-0.25, -0.2) is 13.1 Å². The maximum atomic E-state index is 12.1. The molecule has 0 aliphatic carbocycles. The number of nitriles is 1. The number of hydrogen-bond acceptors (Lipinski definition) is 5. The molecule has 0 saturated carbocycles. The van der Waals surface area contributed by atoms with Crippen molar-refractivity contribution < 1.29 is 18.0 Å². The number of sulfonamides is 1. The Hall–Kier alpha value is -2.24. The van der Waals surface area contributed by atoms with Crippen LogP contribution in [0.4, 0.5) is 0 Å². The van der Waals surface area contributed by atoms with Crippen molar-refractivity contribution in [3.05, 3.63) is 35.4 Å². The van der Waals surface area contributed by atoms with Gasteiger partial charge in [0.1, 0.15) is 0 Å². The third kappa shape index (κ3) is 4.40. The Morgan fingerprint density at radius 1 is 1.04 bits per heavy atom. The smallest absolute Gasteiger partial charge is 0.261 e. The Balaban J connectivity index is 1.73. The number of nitrogens with zero attached hydrogens (tertiary/aromatic N) is 2. The minimum Gasteiger partial charge on any atom is -0.274 e. The van der Waals surface area contributed by atoms with Crippen LogP contribution in [0.2, 0.25) is 0 Å². The minimum atomic E-state index is -3.37. The normalized spacial score (nSPS) is 13.9. The lowest BCUT2D eigenvalue weighted by atomic mass is 10.1. The highest BCUT2D eigenvalue weighted by atomic mass is 32.2. The van der Waals surface area contributed by atoms with Crippen LogP contribution >= 0.6 is 0 Å². The Morgan fingerprint density at radius 2 is 1.67 bits per heavy atom. The monoisotopic (exact) mass is 349 g/mol. The molecule has 2 rings (SSSR count). The molecule has 1 N–H and O–H groups in total. The average Bonchev–Trinajstić information content (AvgIpc) is 2.80. The van der Waals surface area contributed by atoms with Crippen LogP contribution in [0, 0.1) is 11.3 Å². The maximum absolute atomic E-state index is 12.1. The second-order valence-corrected chi connectivity index (χ2v) is 7.42. The van der Waals surface area contributed by atoms with Gasteiger partial charge >= 0.3 is 0 Å². The summed E-state index contributed by atoms with van der Waals surface area (Å²) in [7, 11) is -3.37. The molecule has 0 aromatic heterocycles. The van der Waals surface area contributed by atoms with Gasteiger partial charge in [0, 0.05) is 19.5 Å². The molecular weight excluding hydrogens is 330 g/mol. The Kier molecular flexibility index (Phi) is 6.06. The summed E-state index contributed by atoms with van der Waals surface area (Å²) in [5, 5.41) is 8.38. The number of rotatable bonds is 9.